The minimum Gasteiger partial charge on any atom is -0.372 e. The molecule has 0 amide bonds. The summed E-state index contributed by atoms with van der Waals surface area (Å²) in [5.74, 6) is 0. The van der Waals surface area contributed by atoms with Crippen molar-refractivity contribution >= 4 is 17.7 Å². The number of rotatable bonds is 10. The Morgan fingerprint density at radius 2 is 1.43 bits per heavy atom. The summed E-state index contributed by atoms with van der Waals surface area (Å²) in [4.78, 5) is 2.09. The zero-order valence-electron chi connectivity index (χ0n) is 9.80. The summed E-state index contributed by atoms with van der Waals surface area (Å²) < 4.78 is 0. The summed E-state index contributed by atoms with van der Waals surface area (Å²) in [6.07, 6.45) is 11.1. The van der Waals surface area contributed by atoms with Gasteiger partial charge in [0, 0.05) is 13.6 Å². The SMILES string of the molecule is CCCCCCCCCCN(C)C=S. The molecule has 0 aromatic heterocycles. The number of thiocarbonyl (C=S) groups is 1. The zero-order valence-corrected chi connectivity index (χ0v) is 10.6. The summed E-state index contributed by atoms with van der Waals surface area (Å²) in [5, 5.41) is 0. The van der Waals surface area contributed by atoms with Gasteiger partial charge in [-0.3, -0.25) is 0 Å². The third-order valence-corrected chi connectivity index (χ3v) is 2.90. The molecule has 2 heteroatoms. The molecule has 0 atom stereocenters. The van der Waals surface area contributed by atoms with E-state index >= 15 is 0 Å². The van der Waals surface area contributed by atoms with Gasteiger partial charge in [0.2, 0.25) is 0 Å². The zero-order chi connectivity index (χ0) is 10.6. The van der Waals surface area contributed by atoms with E-state index in [9.17, 15) is 0 Å². The molecule has 14 heavy (non-hydrogen) atoms. The summed E-state index contributed by atoms with van der Waals surface area (Å²) in [5.41, 5.74) is 1.74. The van der Waals surface area contributed by atoms with Gasteiger partial charge in [-0.1, -0.05) is 64.1 Å². The summed E-state index contributed by atoms with van der Waals surface area (Å²) in [6.45, 7) is 3.39. The Morgan fingerprint density at radius 3 is 1.93 bits per heavy atom. The van der Waals surface area contributed by atoms with Crippen LogP contribution in [0.1, 0.15) is 58.3 Å². The molecule has 0 bridgehead atoms. The maximum absolute atomic E-state index is 4.82. The van der Waals surface area contributed by atoms with E-state index in [1.807, 2.05) is 7.05 Å². The van der Waals surface area contributed by atoms with Crippen molar-refractivity contribution in [1.82, 2.24) is 4.90 Å². The van der Waals surface area contributed by atoms with Gasteiger partial charge in [-0.2, -0.15) is 0 Å². The second-order valence-electron chi connectivity index (χ2n) is 4.06. The molecule has 0 radical (unpaired) electrons. The Balaban J connectivity index is 2.95. The molecule has 0 saturated carbocycles. The first-order valence-corrected chi connectivity index (χ1v) is 6.44. The number of nitrogens with zero attached hydrogens (tertiary/aromatic N) is 1. The molecular weight excluding hydrogens is 190 g/mol. The topological polar surface area (TPSA) is 3.24 Å². The predicted molar refractivity (Wildman–Crippen MR) is 68.9 cm³/mol. The second-order valence-corrected chi connectivity index (χ2v) is 4.27. The van der Waals surface area contributed by atoms with Crippen LogP contribution in [0.2, 0.25) is 0 Å². The van der Waals surface area contributed by atoms with Crippen molar-refractivity contribution in [2.24, 2.45) is 0 Å². The lowest BCUT2D eigenvalue weighted by Gasteiger charge is -2.11. The highest BCUT2D eigenvalue weighted by Gasteiger charge is 1.93. The van der Waals surface area contributed by atoms with E-state index < -0.39 is 0 Å². The molecule has 1 nitrogen and oxygen atoms in total. The van der Waals surface area contributed by atoms with E-state index in [2.05, 4.69) is 11.8 Å². The molecule has 0 aliphatic rings. The molecule has 0 spiro atoms. The van der Waals surface area contributed by atoms with Crippen molar-refractivity contribution in [3.8, 4) is 0 Å². The van der Waals surface area contributed by atoms with Gasteiger partial charge in [-0.05, 0) is 6.42 Å². The van der Waals surface area contributed by atoms with Crippen molar-refractivity contribution in [2.75, 3.05) is 13.6 Å². The third kappa shape index (κ3) is 9.97. The smallest absolute Gasteiger partial charge is 0.0638 e. The van der Waals surface area contributed by atoms with Crippen LogP contribution < -0.4 is 0 Å². The Kier molecular flexibility index (Phi) is 10.9. The van der Waals surface area contributed by atoms with Crippen molar-refractivity contribution in [1.29, 1.82) is 0 Å². The van der Waals surface area contributed by atoms with Crippen LogP contribution in [0.3, 0.4) is 0 Å². The molecule has 0 N–H and O–H groups in total. The van der Waals surface area contributed by atoms with Crippen LogP contribution in [-0.2, 0) is 0 Å². The van der Waals surface area contributed by atoms with Crippen LogP contribution in [0.5, 0.6) is 0 Å². The van der Waals surface area contributed by atoms with Gasteiger partial charge in [0.05, 0.1) is 5.49 Å². The van der Waals surface area contributed by atoms with E-state index in [1.165, 1.54) is 51.4 Å². The van der Waals surface area contributed by atoms with Crippen LogP contribution in [0.4, 0.5) is 0 Å². The summed E-state index contributed by atoms with van der Waals surface area (Å²) >= 11 is 4.82. The number of hydrogen-bond donors (Lipinski definition) is 0. The van der Waals surface area contributed by atoms with E-state index in [1.54, 1.807) is 5.49 Å². The highest BCUT2D eigenvalue weighted by molar-refractivity contribution is 7.78. The van der Waals surface area contributed by atoms with Crippen LogP contribution in [-0.4, -0.2) is 24.0 Å². The lowest BCUT2D eigenvalue weighted by Crippen LogP contribution is -2.15. The first kappa shape index (κ1) is 13.9. The predicted octanol–water partition coefficient (Wildman–Crippen LogP) is 4.02. The summed E-state index contributed by atoms with van der Waals surface area (Å²) in [6, 6.07) is 0. The molecule has 0 fully saturated rings. The van der Waals surface area contributed by atoms with Crippen molar-refractivity contribution in [3.63, 3.8) is 0 Å². The normalized spacial score (nSPS) is 10.1. The first-order chi connectivity index (χ1) is 6.81. The fraction of sp³-hybridized carbons (Fsp3) is 0.917. The molecule has 0 saturated heterocycles. The maximum Gasteiger partial charge on any atom is 0.0638 e. The standard InChI is InChI=1S/C12H25NS/c1-3-4-5-6-7-8-9-10-11-13(2)12-14/h12H,3-11H2,1-2H3. The lowest BCUT2D eigenvalue weighted by molar-refractivity contribution is 0.479. The van der Waals surface area contributed by atoms with Crippen molar-refractivity contribution in [3.05, 3.63) is 0 Å². The Labute approximate surface area is 94.9 Å². The highest BCUT2D eigenvalue weighted by atomic mass is 32.1. The fourth-order valence-corrected chi connectivity index (χ4v) is 1.65. The summed E-state index contributed by atoms with van der Waals surface area (Å²) in [7, 11) is 2.05. The maximum atomic E-state index is 4.82. The first-order valence-electron chi connectivity index (χ1n) is 5.96. The number of hydrogen-bond acceptors (Lipinski definition) is 1. The minimum absolute atomic E-state index is 1.12. The van der Waals surface area contributed by atoms with E-state index in [0.29, 0.717) is 0 Å². The largest absolute Gasteiger partial charge is 0.372 e. The Morgan fingerprint density at radius 1 is 0.929 bits per heavy atom. The van der Waals surface area contributed by atoms with Gasteiger partial charge in [0.25, 0.3) is 0 Å². The molecule has 84 valence electrons. The van der Waals surface area contributed by atoms with Gasteiger partial charge in [0.1, 0.15) is 0 Å². The van der Waals surface area contributed by atoms with Crippen molar-refractivity contribution in [2.45, 2.75) is 58.3 Å². The highest BCUT2D eigenvalue weighted by Crippen LogP contribution is 2.08. The van der Waals surface area contributed by atoms with Crippen LogP contribution in [0, 0.1) is 0 Å². The third-order valence-electron chi connectivity index (χ3n) is 2.54. The van der Waals surface area contributed by atoms with Gasteiger partial charge < -0.3 is 4.90 Å². The molecule has 0 aliphatic carbocycles. The van der Waals surface area contributed by atoms with Crippen molar-refractivity contribution < 1.29 is 0 Å². The van der Waals surface area contributed by atoms with Crippen LogP contribution >= 0.6 is 12.2 Å². The molecule has 0 aliphatic heterocycles. The van der Waals surface area contributed by atoms with E-state index in [4.69, 9.17) is 12.2 Å². The van der Waals surface area contributed by atoms with E-state index in [-0.39, 0.29) is 0 Å². The second kappa shape index (κ2) is 11.0. The molecule has 0 unspecified atom stereocenters. The Bertz CT molecular complexity index is 125. The van der Waals surface area contributed by atoms with Crippen LogP contribution in [0.25, 0.3) is 0 Å². The molecular formula is C12H25NS. The Hall–Kier alpha value is -0.110. The van der Waals surface area contributed by atoms with Gasteiger partial charge in [-0.15, -0.1) is 0 Å². The fourth-order valence-electron chi connectivity index (χ4n) is 1.55. The quantitative estimate of drug-likeness (QED) is 0.400. The van der Waals surface area contributed by atoms with Crippen LogP contribution in [0.15, 0.2) is 0 Å². The molecule has 0 rings (SSSR count). The number of unbranched alkanes of at least 4 members (excludes halogenated alkanes) is 7. The molecule has 0 aromatic rings. The van der Waals surface area contributed by atoms with Gasteiger partial charge in [-0.25, -0.2) is 0 Å². The van der Waals surface area contributed by atoms with Gasteiger partial charge >= 0.3 is 0 Å². The monoisotopic (exact) mass is 215 g/mol. The molecule has 0 heterocycles. The average Bonchev–Trinajstić information content (AvgIpc) is 2.21. The molecule has 0 aromatic carbocycles. The minimum atomic E-state index is 1.12. The average molecular weight is 215 g/mol. The van der Waals surface area contributed by atoms with Gasteiger partial charge in [0.15, 0.2) is 0 Å². The van der Waals surface area contributed by atoms with E-state index in [0.717, 1.165) is 6.54 Å². The lowest BCUT2D eigenvalue weighted by atomic mass is 10.1.